The Balaban J connectivity index is 0.000000385. The summed E-state index contributed by atoms with van der Waals surface area (Å²) in [4.78, 5) is 12.6. The quantitative estimate of drug-likeness (QED) is 0.602. The average Bonchev–Trinajstić information content (AvgIpc) is 2.18. The van der Waals surface area contributed by atoms with Gasteiger partial charge in [0.25, 0.3) is 6.47 Å². The van der Waals surface area contributed by atoms with Crippen LogP contribution in [0.2, 0.25) is 5.15 Å². The fourth-order valence-corrected chi connectivity index (χ4v) is 0.821. The number of hydrogen-bond donors (Lipinski definition) is 0. The van der Waals surface area contributed by atoms with Gasteiger partial charge in [-0.3, -0.25) is 4.79 Å². The lowest BCUT2D eigenvalue weighted by molar-refractivity contribution is -0.137. The maximum Gasteiger partial charge on any atom is 0.416 e. The molecule has 1 rings (SSSR count). The lowest BCUT2D eigenvalue weighted by Gasteiger charge is -2.04. The van der Waals surface area contributed by atoms with Crippen LogP contribution in [0.25, 0.3) is 0 Å². The molecular formula is C9H9ClF3NO2. The monoisotopic (exact) mass is 255 g/mol. The van der Waals surface area contributed by atoms with Crippen molar-refractivity contribution < 1.29 is 22.7 Å². The second kappa shape index (κ2) is 7.05. The minimum Gasteiger partial charge on any atom is -0.468 e. The summed E-state index contributed by atoms with van der Waals surface area (Å²) in [6, 6.07) is 1.65. The summed E-state index contributed by atoms with van der Waals surface area (Å²) in [7, 11) is 0. The Morgan fingerprint density at radius 1 is 1.56 bits per heavy atom. The lowest BCUT2D eigenvalue weighted by Crippen LogP contribution is -2.04. The van der Waals surface area contributed by atoms with E-state index in [1.54, 1.807) is 6.92 Å². The number of ether oxygens (including phenoxy) is 1. The molecule has 90 valence electrons. The molecule has 0 aliphatic rings. The van der Waals surface area contributed by atoms with E-state index in [1.807, 2.05) is 0 Å². The molecule has 1 heterocycles. The zero-order valence-corrected chi connectivity index (χ0v) is 9.05. The van der Waals surface area contributed by atoms with Gasteiger partial charge < -0.3 is 4.74 Å². The third-order valence-corrected chi connectivity index (χ3v) is 1.50. The predicted molar refractivity (Wildman–Crippen MR) is 51.9 cm³/mol. The molecule has 7 heteroatoms. The smallest absolute Gasteiger partial charge is 0.416 e. The van der Waals surface area contributed by atoms with Gasteiger partial charge in [-0.2, -0.15) is 13.2 Å². The number of hydrogen-bond acceptors (Lipinski definition) is 3. The predicted octanol–water partition coefficient (Wildman–Crippen LogP) is 2.93. The summed E-state index contributed by atoms with van der Waals surface area (Å²) in [5.74, 6) is 0. The van der Waals surface area contributed by atoms with Crippen LogP contribution in [-0.2, 0) is 15.7 Å². The highest BCUT2D eigenvalue weighted by molar-refractivity contribution is 6.29. The maximum atomic E-state index is 11.9. The highest BCUT2D eigenvalue weighted by atomic mass is 35.5. The zero-order valence-electron chi connectivity index (χ0n) is 8.29. The average molecular weight is 256 g/mol. The van der Waals surface area contributed by atoms with Crippen LogP contribution in [0, 0.1) is 0 Å². The van der Waals surface area contributed by atoms with Crippen molar-refractivity contribution >= 4 is 18.1 Å². The standard InChI is InChI=1S/C6H3ClF3N.C3H6O2/c7-5-3-4(1-2-11-5)6(8,9)10;1-2-5-3-4/h1-3H;3H,2H2,1H3. The van der Waals surface area contributed by atoms with Crippen LogP contribution >= 0.6 is 11.6 Å². The Bertz CT molecular complexity index is 331. The molecule has 1 aromatic heterocycles. The van der Waals surface area contributed by atoms with Gasteiger partial charge in [0.1, 0.15) is 5.15 Å². The Morgan fingerprint density at radius 3 is 2.44 bits per heavy atom. The van der Waals surface area contributed by atoms with Gasteiger partial charge >= 0.3 is 6.18 Å². The van der Waals surface area contributed by atoms with E-state index in [9.17, 15) is 18.0 Å². The third kappa shape index (κ3) is 6.23. The van der Waals surface area contributed by atoms with E-state index in [2.05, 4.69) is 9.72 Å². The lowest BCUT2D eigenvalue weighted by atomic mass is 10.3. The number of alkyl halides is 3. The Kier molecular flexibility index (Phi) is 6.48. The third-order valence-electron chi connectivity index (χ3n) is 1.29. The molecule has 0 N–H and O–H groups in total. The Hall–Kier alpha value is -1.30. The molecule has 16 heavy (non-hydrogen) atoms. The molecule has 3 nitrogen and oxygen atoms in total. The van der Waals surface area contributed by atoms with Gasteiger partial charge in [0.05, 0.1) is 12.2 Å². The first kappa shape index (κ1) is 14.7. The van der Waals surface area contributed by atoms with E-state index < -0.39 is 11.7 Å². The minimum atomic E-state index is -4.34. The molecule has 0 bridgehead atoms. The molecule has 0 aromatic carbocycles. The van der Waals surface area contributed by atoms with E-state index in [-0.39, 0.29) is 5.15 Å². The van der Waals surface area contributed by atoms with Crippen LogP contribution in [0.15, 0.2) is 18.3 Å². The van der Waals surface area contributed by atoms with Gasteiger partial charge in [0, 0.05) is 6.20 Å². The molecule has 0 saturated heterocycles. The van der Waals surface area contributed by atoms with Crippen LogP contribution in [0.1, 0.15) is 12.5 Å². The van der Waals surface area contributed by atoms with Gasteiger partial charge in [0.15, 0.2) is 0 Å². The molecular weight excluding hydrogens is 247 g/mol. The first-order valence-corrected chi connectivity index (χ1v) is 4.53. The van der Waals surface area contributed by atoms with Crippen molar-refractivity contribution in [3.05, 3.63) is 29.0 Å². The number of halogens is 4. The Morgan fingerprint density at radius 2 is 2.19 bits per heavy atom. The number of aromatic nitrogens is 1. The topological polar surface area (TPSA) is 39.2 Å². The Labute approximate surface area is 95.2 Å². The normalized spacial score (nSPS) is 10.1. The molecule has 0 amide bonds. The number of carbonyl (C=O) groups excluding carboxylic acids is 1. The first-order valence-electron chi connectivity index (χ1n) is 4.15. The van der Waals surface area contributed by atoms with Crippen LogP contribution in [-0.4, -0.2) is 18.1 Å². The minimum absolute atomic E-state index is 0.153. The fraction of sp³-hybridized carbons (Fsp3) is 0.333. The summed E-state index contributed by atoms with van der Waals surface area (Å²) in [5.41, 5.74) is -0.780. The molecule has 0 fully saturated rings. The van der Waals surface area contributed by atoms with Crippen molar-refractivity contribution in [1.82, 2.24) is 4.98 Å². The van der Waals surface area contributed by atoms with Gasteiger partial charge in [-0.1, -0.05) is 11.6 Å². The van der Waals surface area contributed by atoms with Gasteiger partial charge in [-0.25, -0.2) is 4.98 Å². The number of carbonyl (C=O) groups is 1. The molecule has 1 aromatic rings. The summed E-state index contributed by atoms with van der Waals surface area (Å²) in [5, 5.41) is -0.153. The molecule has 0 unspecified atom stereocenters. The van der Waals surface area contributed by atoms with Crippen molar-refractivity contribution in [2.45, 2.75) is 13.1 Å². The van der Waals surface area contributed by atoms with Gasteiger partial charge in [-0.15, -0.1) is 0 Å². The molecule has 0 radical (unpaired) electrons. The molecule has 0 spiro atoms. The summed E-state index contributed by atoms with van der Waals surface area (Å²) in [6.07, 6.45) is -3.32. The zero-order chi connectivity index (χ0) is 12.6. The van der Waals surface area contributed by atoms with Crippen molar-refractivity contribution in [2.24, 2.45) is 0 Å². The highest BCUT2D eigenvalue weighted by Crippen LogP contribution is 2.29. The van der Waals surface area contributed by atoms with Crippen molar-refractivity contribution in [1.29, 1.82) is 0 Å². The molecule has 0 atom stereocenters. The number of pyridine rings is 1. The largest absolute Gasteiger partial charge is 0.468 e. The molecule has 0 aliphatic carbocycles. The van der Waals surface area contributed by atoms with Crippen molar-refractivity contribution in [2.75, 3.05) is 6.61 Å². The maximum absolute atomic E-state index is 11.9. The first-order chi connectivity index (χ1) is 7.41. The van der Waals surface area contributed by atoms with Crippen LogP contribution in [0.4, 0.5) is 13.2 Å². The van der Waals surface area contributed by atoms with E-state index in [0.29, 0.717) is 13.1 Å². The number of rotatable bonds is 2. The second-order valence-electron chi connectivity index (χ2n) is 2.42. The van der Waals surface area contributed by atoms with E-state index in [0.717, 1.165) is 18.3 Å². The number of nitrogens with zero attached hydrogens (tertiary/aromatic N) is 1. The summed E-state index contributed by atoms with van der Waals surface area (Å²) >= 11 is 5.24. The van der Waals surface area contributed by atoms with Gasteiger partial charge in [-0.05, 0) is 19.1 Å². The SMILES string of the molecule is CCOC=O.FC(F)(F)c1ccnc(Cl)c1. The van der Waals surface area contributed by atoms with Crippen LogP contribution in [0.5, 0.6) is 0 Å². The molecule has 0 aliphatic heterocycles. The molecule has 0 saturated carbocycles. The van der Waals surface area contributed by atoms with Crippen molar-refractivity contribution in [3.63, 3.8) is 0 Å². The summed E-state index contributed by atoms with van der Waals surface area (Å²) in [6.45, 7) is 2.66. The van der Waals surface area contributed by atoms with E-state index >= 15 is 0 Å². The van der Waals surface area contributed by atoms with E-state index in [4.69, 9.17) is 11.6 Å². The second-order valence-corrected chi connectivity index (χ2v) is 2.80. The summed E-state index contributed by atoms with van der Waals surface area (Å²) < 4.78 is 39.8. The van der Waals surface area contributed by atoms with E-state index in [1.165, 1.54) is 0 Å². The highest BCUT2D eigenvalue weighted by Gasteiger charge is 2.30. The van der Waals surface area contributed by atoms with Crippen molar-refractivity contribution in [3.8, 4) is 0 Å². The van der Waals surface area contributed by atoms with Crippen LogP contribution in [0.3, 0.4) is 0 Å². The fourth-order valence-electron chi connectivity index (χ4n) is 0.647. The van der Waals surface area contributed by atoms with Crippen LogP contribution < -0.4 is 0 Å². The van der Waals surface area contributed by atoms with Gasteiger partial charge in [0.2, 0.25) is 0 Å².